The van der Waals surface area contributed by atoms with E-state index in [1.54, 1.807) is 0 Å². The first-order valence-electron chi connectivity index (χ1n) is 5.58. The summed E-state index contributed by atoms with van der Waals surface area (Å²) in [5.74, 6) is 1.02. The van der Waals surface area contributed by atoms with Gasteiger partial charge in [-0.25, -0.2) is 0 Å². The molecule has 0 aliphatic rings. The second kappa shape index (κ2) is 4.59. The van der Waals surface area contributed by atoms with Crippen molar-refractivity contribution in [2.45, 2.75) is 26.4 Å². The van der Waals surface area contributed by atoms with Gasteiger partial charge in [0.2, 0.25) is 0 Å². The first-order chi connectivity index (χ1) is 8.11. The predicted octanol–water partition coefficient (Wildman–Crippen LogP) is 2.54. The molecule has 1 aromatic heterocycles. The minimum atomic E-state index is 0.0400. The van der Waals surface area contributed by atoms with Crippen LogP contribution in [0.1, 0.15) is 31.1 Å². The molecule has 2 aromatic rings. The smallest absolute Gasteiger partial charge is 0.292 e. The summed E-state index contributed by atoms with van der Waals surface area (Å²) in [4.78, 5) is 4.21. The Morgan fingerprint density at radius 1 is 1.29 bits per heavy atom. The number of nitrogen functional groups attached to an aromatic ring is 1. The summed E-state index contributed by atoms with van der Waals surface area (Å²) >= 11 is 0. The SMILES string of the molecule is CC(C)c1oc(N)nc1-c1ccc(CO)cc1. The van der Waals surface area contributed by atoms with Crippen LogP contribution < -0.4 is 5.73 Å². The fourth-order valence-electron chi connectivity index (χ4n) is 1.72. The molecule has 1 aromatic carbocycles. The van der Waals surface area contributed by atoms with E-state index < -0.39 is 0 Å². The molecule has 0 spiro atoms. The number of oxazole rings is 1. The maximum absolute atomic E-state index is 8.99. The molecule has 0 radical (unpaired) electrons. The van der Waals surface area contributed by atoms with Crippen molar-refractivity contribution in [3.8, 4) is 11.3 Å². The molecule has 0 fully saturated rings. The lowest BCUT2D eigenvalue weighted by atomic mass is 10.0. The highest BCUT2D eigenvalue weighted by molar-refractivity contribution is 5.63. The molecule has 1 heterocycles. The van der Waals surface area contributed by atoms with E-state index in [0.717, 1.165) is 22.6 Å². The van der Waals surface area contributed by atoms with E-state index >= 15 is 0 Å². The third-order valence-corrected chi connectivity index (χ3v) is 2.60. The molecule has 4 heteroatoms. The average molecular weight is 232 g/mol. The zero-order valence-corrected chi connectivity index (χ0v) is 9.97. The van der Waals surface area contributed by atoms with Crippen molar-refractivity contribution in [3.63, 3.8) is 0 Å². The zero-order chi connectivity index (χ0) is 12.4. The van der Waals surface area contributed by atoms with Gasteiger partial charge in [0.25, 0.3) is 6.01 Å². The Balaban J connectivity index is 2.44. The van der Waals surface area contributed by atoms with Gasteiger partial charge in [0.05, 0.1) is 6.61 Å². The Morgan fingerprint density at radius 2 is 1.94 bits per heavy atom. The van der Waals surface area contributed by atoms with Crippen LogP contribution in [-0.4, -0.2) is 10.1 Å². The number of benzene rings is 1. The largest absolute Gasteiger partial charge is 0.428 e. The zero-order valence-electron chi connectivity index (χ0n) is 9.97. The quantitative estimate of drug-likeness (QED) is 0.853. The number of aromatic nitrogens is 1. The van der Waals surface area contributed by atoms with Crippen molar-refractivity contribution in [1.29, 1.82) is 0 Å². The van der Waals surface area contributed by atoms with Crippen LogP contribution in [0.5, 0.6) is 0 Å². The van der Waals surface area contributed by atoms with E-state index in [1.807, 2.05) is 38.1 Å². The lowest BCUT2D eigenvalue weighted by Gasteiger charge is -2.04. The van der Waals surface area contributed by atoms with Crippen LogP contribution in [0.25, 0.3) is 11.3 Å². The van der Waals surface area contributed by atoms with E-state index in [2.05, 4.69) is 4.98 Å². The van der Waals surface area contributed by atoms with Gasteiger partial charge >= 0.3 is 0 Å². The molecule has 0 saturated heterocycles. The van der Waals surface area contributed by atoms with Gasteiger partial charge in [-0.1, -0.05) is 38.1 Å². The van der Waals surface area contributed by atoms with Gasteiger partial charge in [0.1, 0.15) is 11.5 Å². The molecular formula is C13H16N2O2. The third-order valence-electron chi connectivity index (χ3n) is 2.60. The maximum Gasteiger partial charge on any atom is 0.292 e. The van der Waals surface area contributed by atoms with Crippen LogP contribution >= 0.6 is 0 Å². The van der Waals surface area contributed by atoms with Crippen molar-refractivity contribution in [3.05, 3.63) is 35.6 Å². The number of hydrogen-bond donors (Lipinski definition) is 2. The highest BCUT2D eigenvalue weighted by Crippen LogP contribution is 2.30. The summed E-state index contributed by atoms with van der Waals surface area (Å²) in [7, 11) is 0. The van der Waals surface area contributed by atoms with Gasteiger partial charge in [0.15, 0.2) is 0 Å². The van der Waals surface area contributed by atoms with Crippen LogP contribution in [0.15, 0.2) is 28.7 Å². The van der Waals surface area contributed by atoms with E-state index in [4.69, 9.17) is 15.3 Å². The van der Waals surface area contributed by atoms with Gasteiger partial charge in [-0.2, -0.15) is 4.98 Å². The van der Waals surface area contributed by atoms with Crippen LogP contribution in [0.2, 0.25) is 0 Å². The van der Waals surface area contributed by atoms with Crippen molar-refractivity contribution in [2.24, 2.45) is 0 Å². The fourth-order valence-corrected chi connectivity index (χ4v) is 1.72. The molecule has 3 N–H and O–H groups in total. The molecule has 2 rings (SSSR count). The van der Waals surface area contributed by atoms with Gasteiger partial charge < -0.3 is 15.3 Å². The molecule has 4 nitrogen and oxygen atoms in total. The molecular weight excluding hydrogens is 216 g/mol. The minimum absolute atomic E-state index is 0.0400. The molecule has 90 valence electrons. The molecule has 0 aliphatic heterocycles. The fraction of sp³-hybridized carbons (Fsp3) is 0.308. The highest BCUT2D eigenvalue weighted by atomic mass is 16.4. The van der Waals surface area contributed by atoms with Crippen LogP contribution in [0.4, 0.5) is 6.01 Å². The van der Waals surface area contributed by atoms with Gasteiger partial charge in [-0.15, -0.1) is 0 Å². The number of hydrogen-bond acceptors (Lipinski definition) is 4. The molecule has 17 heavy (non-hydrogen) atoms. The minimum Gasteiger partial charge on any atom is -0.428 e. The predicted molar refractivity (Wildman–Crippen MR) is 66.4 cm³/mol. The van der Waals surface area contributed by atoms with Crippen LogP contribution in [0, 0.1) is 0 Å². The van der Waals surface area contributed by atoms with Gasteiger partial charge in [-0.3, -0.25) is 0 Å². The van der Waals surface area contributed by atoms with E-state index in [1.165, 1.54) is 0 Å². The molecule has 0 saturated carbocycles. The first kappa shape index (κ1) is 11.7. The average Bonchev–Trinajstić information content (AvgIpc) is 2.72. The van der Waals surface area contributed by atoms with E-state index in [0.29, 0.717) is 0 Å². The van der Waals surface area contributed by atoms with E-state index in [9.17, 15) is 0 Å². The lowest BCUT2D eigenvalue weighted by molar-refractivity contribution is 0.282. The number of aliphatic hydroxyl groups is 1. The number of anilines is 1. The van der Waals surface area contributed by atoms with E-state index in [-0.39, 0.29) is 18.5 Å². The van der Waals surface area contributed by atoms with Crippen LogP contribution in [-0.2, 0) is 6.61 Å². The summed E-state index contributed by atoms with van der Waals surface area (Å²) in [5.41, 5.74) is 8.19. The number of nitrogens with two attached hydrogens (primary N) is 1. The van der Waals surface area contributed by atoms with Crippen molar-refractivity contribution < 1.29 is 9.52 Å². The Hall–Kier alpha value is -1.81. The standard InChI is InChI=1S/C13H16N2O2/c1-8(2)12-11(15-13(14)17-12)10-5-3-9(7-16)4-6-10/h3-6,8,16H,7H2,1-2H3,(H2,14,15). The van der Waals surface area contributed by atoms with Crippen molar-refractivity contribution in [1.82, 2.24) is 4.98 Å². The number of nitrogens with zero attached hydrogens (tertiary/aromatic N) is 1. The topological polar surface area (TPSA) is 72.3 Å². The normalized spacial score (nSPS) is 11.1. The molecule has 0 amide bonds. The molecule has 0 unspecified atom stereocenters. The Bertz CT molecular complexity index is 501. The molecule has 0 bridgehead atoms. The maximum atomic E-state index is 8.99. The van der Waals surface area contributed by atoms with Crippen LogP contribution in [0.3, 0.4) is 0 Å². The second-order valence-corrected chi connectivity index (χ2v) is 4.27. The number of rotatable bonds is 3. The van der Waals surface area contributed by atoms with Gasteiger partial charge in [0, 0.05) is 11.5 Å². The van der Waals surface area contributed by atoms with Gasteiger partial charge in [-0.05, 0) is 5.56 Å². The first-order valence-corrected chi connectivity index (χ1v) is 5.58. The summed E-state index contributed by atoms with van der Waals surface area (Å²) < 4.78 is 5.40. The Labute approximate surface area is 100 Å². The highest BCUT2D eigenvalue weighted by Gasteiger charge is 2.16. The third kappa shape index (κ3) is 2.31. The summed E-state index contributed by atoms with van der Waals surface area (Å²) in [6, 6.07) is 7.74. The summed E-state index contributed by atoms with van der Waals surface area (Å²) in [6.45, 7) is 4.11. The summed E-state index contributed by atoms with van der Waals surface area (Å²) in [6.07, 6.45) is 0. The lowest BCUT2D eigenvalue weighted by Crippen LogP contribution is -1.90. The number of aliphatic hydroxyl groups excluding tert-OH is 1. The Morgan fingerprint density at radius 3 is 2.47 bits per heavy atom. The second-order valence-electron chi connectivity index (χ2n) is 4.27. The molecule has 0 aliphatic carbocycles. The monoisotopic (exact) mass is 232 g/mol. The molecule has 0 atom stereocenters. The van der Waals surface area contributed by atoms with Crippen molar-refractivity contribution in [2.75, 3.05) is 5.73 Å². The summed E-state index contributed by atoms with van der Waals surface area (Å²) in [5, 5.41) is 8.99. The van der Waals surface area contributed by atoms with Crippen molar-refractivity contribution >= 4 is 6.01 Å². The Kier molecular flexibility index (Phi) is 3.15.